The normalized spacial score (nSPS) is 8.19. The average molecular weight is 302 g/mol. The molecule has 0 saturated heterocycles. The second kappa shape index (κ2) is 11.0. The minimum Gasteiger partial charge on any atom is -0.508 e. The van der Waals surface area contributed by atoms with Gasteiger partial charge in [0.2, 0.25) is 0 Å². The molecule has 16 heavy (non-hydrogen) atoms. The third kappa shape index (κ3) is 7.73. The molecular weight excluding hydrogens is 289 g/mol. The summed E-state index contributed by atoms with van der Waals surface area (Å²) in [7, 11) is 0. The maximum atomic E-state index is 10.7. The predicted octanol–water partition coefficient (Wildman–Crippen LogP) is 0.656. The standard InChI is InChI=1S/C7H7NO3.C2H6NO.Y/c9-6-3-1-5(2-4-6)7(10)8-11;1-2-3-4;/h1-4,9,11H,(H,8,10);2-4H,1H3;/q;-1;. The van der Waals surface area contributed by atoms with E-state index in [9.17, 15) is 4.79 Å². The fourth-order valence-corrected chi connectivity index (χ4v) is 0.677. The van der Waals surface area contributed by atoms with E-state index in [0.717, 1.165) is 0 Å². The second-order valence-corrected chi connectivity index (χ2v) is 2.41. The van der Waals surface area contributed by atoms with Gasteiger partial charge >= 0.3 is 0 Å². The molecule has 0 saturated carbocycles. The van der Waals surface area contributed by atoms with Gasteiger partial charge in [0.15, 0.2) is 0 Å². The van der Waals surface area contributed by atoms with Gasteiger partial charge in [-0.25, -0.2) is 12.0 Å². The fourth-order valence-electron chi connectivity index (χ4n) is 0.677. The minimum absolute atomic E-state index is 0. The number of carbonyl (C=O) groups is 1. The number of hydrogen-bond acceptors (Lipinski definition) is 5. The molecule has 0 unspecified atom stereocenters. The zero-order chi connectivity index (χ0) is 11.7. The van der Waals surface area contributed by atoms with Crippen LogP contribution in [0, 0.1) is 6.54 Å². The Hall–Kier alpha value is -0.526. The fraction of sp³-hybridized carbons (Fsp3) is 0.111. The first-order valence-corrected chi connectivity index (χ1v) is 4.06. The molecule has 0 atom stereocenters. The van der Waals surface area contributed by atoms with Gasteiger partial charge in [-0.15, -0.1) is 0 Å². The van der Waals surface area contributed by atoms with E-state index < -0.39 is 5.91 Å². The molecule has 0 aliphatic rings. The summed E-state index contributed by atoms with van der Waals surface area (Å²) in [5.74, 6) is -0.510. The monoisotopic (exact) mass is 302 g/mol. The number of nitrogens with one attached hydrogen (secondary N) is 2. The first kappa shape index (κ1) is 17.9. The molecule has 1 rings (SSSR count). The Balaban J connectivity index is 0. The first-order valence-electron chi connectivity index (χ1n) is 4.06. The van der Waals surface area contributed by atoms with E-state index in [1.807, 2.05) is 0 Å². The van der Waals surface area contributed by atoms with Crippen LogP contribution in [0.3, 0.4) is 0 Å². The number of benzene rings is 1. The number of carbonyl (C=O) groups excluding carboxylic acids is 1. The maximum Gasteiger partial charge on any atom is 0.274 e. The Morgan fingerprint density at radius 2 is 1.69 bits per heavy atom. The topological polar surface area (TPSA) is 102 Å². The van der Waals surface area contributed by atoms with Crippen molar-refractivity contribution in [3.05, 3.63) is 36.4 Å². The van der Waals surface area contributed by atoms with Crippen LogP contribution in [0.25, 0.3) is 0 Å². The summed E-state index contributed by atoms with van der Waals surface area (Å²) in [4.78, 5) is 10.7. The molecule has 6 nitrogen and oxygen atoms in total. The maximum absolute atomic E-state index is 10.7. The zero-order valence-electron chi connectivity index (χ0n) is 8.71. The molecule has 0 heterocycles. The Bertz CT molecular complexity index is 290. The molecular formula is C9H13N2O4Y-. The van der Waals surface area contributed by atoms with Crippen LogP contribution in [0.1, 0.15) is 17.3 Å². The molecule has 7 heteroatoms. The number of rotatable bonds is 2. The van der Waals surface area contributed by atoms with Crippen molar-refractivity contribution < 1.29 is 53.0 Å². The summed E-state index contributed by atoms with van der Waals surface area (Å²) in [5, 5.41) is 24.6. The van der Waals surface area contributed by atoms with Crippen LogP contribution in [0.15, 0.2) is 24.3 Å². The first-order chi connectivity index (χ1) is 7.15. The van der Waals surface area contributed by atoms with Gasteiger partial charge in [0.05, 0.1) is 0 Å². The largest absolute Gasteiger partial charge is 0.508 e. The number of hydrogen-bond donors (Lipinski definition) is 5. The molecule has 0 aromatic heterocycles. The van der Waals surface area contributed by atoms with Gasteiger partial charge in [0.1, 0.15) is 5.75 Å². The number of hydroxylamine groups is 2. The quantitative estimate of drug-likeness (QED) is 0.314. The summed E-state index contributed by atoms with van der Waals surface area (Å²) >= 11 is 0. The van der Waals surface area contributed by atoms with Crippen LogP contribution in [-0.2, 0) is 32.7 Å². The Kier molecular flexibility index (Phi) is 12.2. The Morgan fingerprint density at radius 3 is 2.00 bits per heavy atom. The molecule has 1 aromatic carbocycles. The van der Waals surface area contributed by atoms with Crippen LogP contribution in [-0.4, -0.2) is 21.4 Å². The van der Waals surface area contributed by atoms with E-state index >= 15 is 0 Å². The second-order valence-electron chi connectivity index (χ2n) is 2.41. The number of aromatic hydroxyl groups is 1. The van der Waals surface area contributed by atoms with Crippen molar-refractivity contribution in [1.82, 2.24) is 11.0 Å². The smallest absolute Gasteiger partial charge is 0.274 e. The van der Waals surface area contributed by atoms with E-state index in [4.69, 9.17) is 15.5 Å². The van der Waals surface area contributed by atoms with Gasteiger partial charge in [-0.2, -0.15) is 6.92 Å². The summed E-state index contributed by atoms with van der Waals surface area (Å²) in [5.41, 5.74) is 3.58. The van der Waals surface area contributed by atoms with Crippen molar-refractivity contribution in [1.29, 1.82) is 0 Å². The van der Waals surface area contributed by atoms with E-state index in [1.165, 1.54) is 36.3 Å². The van der Waals surface area contributed by atoms with Crippen LogP contribution >= 0.6 is 0 Å². The van der Waals surface area contributed by atoms with Crippen molar-refractivity contribution >= 4 is 5.91 Å². The van der Waals surface area contributed by atoms with Gasteiger partial charge in [0, 0.05) is 38.3 Å². The van der Waals surface area contributed by atoms with Crippen LogP contribution < -0.4 is 11.0 Å². The number of phenols is 1. The summed E-state index contributed by atoms with van der Waals surface area (Å²) in [6.07, 6.45) is 0. The van der Waals surface area contributed by atoms with Gasteiger partial charge in [-0.3, -0.25) is 10.0 Å². The van der Waals surface area contributed by atoms with E-state index in [2.05, 4.69) is 0 Å². The van der Waals surface area contributed by atoms with E-state index in [-0.39, 0.29) is 38.5 Å². The van der Waals surface area contributed by atoms with E-state index in [0.29, 0.717) is 5.56 Å². The Labute approximate surface area is 118 Å². The van der Waals surface area contributed by atoms with Crippen LogP contribution in [0.4, 0.5) is 0 Å². The molecule has 1 amide bonds. The molecule has 1 radical (unpaired) electrons. The molecule has 0 spiro atoms. The summed E-state index contributed by atoms with van der Waals surface area (Å²) in [6, 6.07) is 5.54. The molecule has 87 valence electrons. The molecule has 1 aromatic rings. The van der Waals surface area contributed by atoms with Crippen molar-refractivity contribution in [2.45, 2.75) is 6.92 Å². The van der Waals surface area contributed by atoms with Crippen molar-refractivity contribution in [3.8, 4) is 5.75 Å². The van der Waals surface area contributed by atoms with Gasteiger partial charge in [0.25, 0.3) is 5.91 Å². The predicted molar refractivity (Wildman–Crippen MR) is 52.3 cm³/mol. The third-order valence-electron chi connectivity index (χ3n) is 1.36. The van der Waals surface area contributed by atoms with Crippen molar-refractivity contribution in [3.63, 3.8) is 0 Å². The van der Waals surface area contributed by atoms with Crippen LogP contribution in [0.2, 0.25) is 0 Å². The summed E-state index contributed by atoms with van der Waals surface area (Å²) < 4.78 is 0. The SMILES string of the molecule is C[CH-]NO.O=C(NO)c1ccc(O)cc1.[Y]. The van der Waals surface area contributed by atoms with E-state index in [1.54, 1.807) is 12.4 Å². The zero-order valence-corrected chi connectivity index (χ0v) is 11.6. The van der Waals surface area contributed by atoms with Crippen molar-refractivity contribution in [2.75, 3.05) is 0 Å². The number of phenolic OH excluding ortho intramolecular Hbond substituents is 1. The molecule has 5 N–H and O–H groups in total. The van der Waals surface area contributed by atoms with Crippen LogP contribution in [0.5, 0.6) is 5.75 Å². The van der Waals surface area contributed by atoms with Crippen molar-refractivity contribution in [2.24, 2.45) is 0 Å². The number of amides is 1. The Morgan fingerprint density at radius 1 is 1.25 bits per heavy atom. The van der Waals surface area contributed by atoms with Gasteiger partial charge in [-0.05, 0) is 24.3 Å². The van der Waals surface area contributed by atoms with Gasteiger partial charge in [-0.1, -0.05) is 0 Å². The molecule has 0 aliphatic heterocycles. The average Bonchev–Trinajstić information content (AvgIpc) is 2.29. The van der Waals surface area contributed by atoms with Gasteiger partial charge < -0.3 is 15.8 Å². The third-order valence-corrected chi connectivity index (χ3v) is 1.36. The molecule has 0 fully saturated rings. The molecule has 0 bridgehead atoms. The summed E-state index contributed by atoms with van der Waals surface area (Å²) in [6.45, 7) is 3.12. The minimum atomic E-state index is -0.593. The molecule has 0 aliphatic carbocycles.